The van der Waals surface area contributed by atoms with E-state index >= 15 is 0 Å². The highest BCUT2D eigenvalue weighted by Gasteiger charge is 2.45. The number of rotatable bonds is 4. The van der Waals surface area contributed by atoms with Gasteiger partial charge in [0.05, 0.1) is 30.3 Å². The largest absolute Gasteiger partial charge is 0.442 e. The number of cyclic esters (lactones) is 1. The number of hydrogen-bond acceptors (Lipinski definition) is 5. The van der Waals surface area contributed by atoms with E-state index in [9.17, 15) is 10.1 Å². The van der Waals surface area contributed by atoms with E-state index in [4.69, 9.17) is 4.74 Å². The molecule has 7 heteroatoms. The highest BCUT2D eigenvalue weighted by molar-refractivity contribution is 5.89. The maximum absolute atomic E-state index is 12.1. The average molecular weight is 323 g/mol. The summed E-state index contributed by atoms with van der Waals surface area (Å²) in [4.78, 5) is 13.8. The second kappa shape index (κ2) is 5.34. The van der Waals surface area contributed by atoms with E-state index < -0.39 is 0 Å². The molecule has 1 aliphatic carbocycles. The summed E-state index contributed by atoms with van der Waals surface area (Å²) in [5.41, 5.74) is 2.33. The van der Waals surface area contributed by atoms with Gasteiger partial charge in [-0.3, -0.25) is 4.90 Å². The number of nitriles is 1. The molecule has 0 spiro atoms. The lowest BCUT2D eigenvalue weighted by molar-refractivity contribution is 0.129. The zero-order valence-corrected chi connectivity index (χ0v) is 13.3. The van der Waals surface area contributed by atoms with Crippen LogP contribution in [0.2, 0.25) is 0 Å². The van der Waals surface area contributed by atoms with E-state index in [0.717, 1.165) is 29.8 Å². The lowest BCUT2D eigenvalue weighted by Gasteiger charge is -2.14. The Morgan fingerprint density at radius 1 is 1.38 bits per heavy atom. The first-order chi connectivity index (χ1) is 11.6. The number of hydrogen-bond donors (Lipinski definition) is 0. The van der Waals surface area contributed by atoms with Crippen molar-refractivity contribution < 1.29 is 9.53 Å². The van der Waals surface area contributed by atoms with Crippen molar-refractivity contribution in [1.82, 2.24) is 15.0 Å². The van der Waals surface area contributed by atoms with Crippen LogP contribution in [0.25, 0.3) is 0 Å². The van der Waals surface area contributed by atoms with Crippen LogP contribution in [-0.2, 0) is 16.7 Å². The maximum Gasteiger partial charge on any atom is 0.414 e. The van der Waals surface area contributed by atoms with Gasteiger partial charge in [-0.25, -0.2) is 9.48 Å². The molecule has 0 bridgehead atoms. The van der Waals surface area contributed by atoms with Gasteiger partial charge in [0.1, 0.15) is 6.10 Å². The van der Waals surface area contributed by atoms with Gasteiger partial charge >= 0.3 is 6.09 Å². The molecule has 1 saturated carbocycles. The molecule has 2 aromatic rings. The van der Waals surface area contributed by atoms with Crippen molar-refractivity contribution >= 4 is 11.8 Å². The van der Waals surface area contributed by atoms with Gasteiger partial charge in [0.15, 0.2) is 0 Å². The van der Waals surface area contributed by atoms with Crippen LogP contribution in [0.15, 0.2) is 30.5 Å². The third-order valence-electron chi connectivity index (χ3n) is 4.61. The van der Waals surface area contributed by atoms with Crippen LogP contribution < -0.4 is 4.90 Å². The highest BCUT2D eigenvalue weighted by Crippen LogP contribution is 2.47. The Kier molecular flexibility index (Phi) is 3.27. The van der Waals surface area contributed by atoms with Gasteiger partial charge in [0.25, 0.3) is 0 Å². The van der Waals surface area contributed by atoms with Crippen LogP contribution >= 0.6 is 0 Å². The van der Waals surface area contributed by atoms with Gasteiger partial charge < -0.3 is 4.74 Å². The van der Waals surface area contributed by atoms with E-state index in [1.54, 1.807) is 9.58 Å². The van der Waals surface area contributed by atoms with E-state index in [-0.39, 0.29) is 17.6 Å². The Bertz CT molecular complexity index is 816. The third-order valence-corrected chi connectivity index (χ3v) is 4.61. The Balaban J connectivity index is 1.46. The number of nitrogens with zero attached hydrogens (tertiary/aromatic N) is 5. The van der Waals surface area contributed by atoms with Gasteiger partial charge in [-0.1, -0.05) is 17.3 Å². The van der Waals surface area contributed by atoms with Crippen molar-refractivity contribution in [2.45, 2.75) is 37.8 Å². The molecule has 0 radical (unpaired) electrons. The predicted octanol–water partition coefficient (Wildman–Crippen LogP) is 2.17. The SMILES string of the molecule is Cc1cn(C[C@H]2CN(c3ccc(C4(C#N)CC4)cc3)C(=O)O2)nn1. The Hall–Kier alpha value is -2.88. The Morgan fingerprint density at radius 2 is 2.12 bits per heavy atom. The van der Waals surface area contributed by atoms with Crippen LogP contribution in [0.5, 0.6) is 0 Å². The number of aryl methyl sites for hydroxylation is 1. The highest BCUT2D eigenvalue weighted by atomic mass is 16.6. The number of anilines is 1. The first-order valence-electron chi connectivity index (χ1n) is 7.96. The molecule has 1 saturated heterocycles. The van der Waals surface area contributed by atoms with Gasteiger partial charge in [-0.05, 0) is 37.5 Å². The van der Waals surface area contributed by atoms with E-state index in [1.165, 1.54) is 0 Å². The fourth-order valence-corrected chi connectivity index (χ4v) is 3.07. The molecule has 122 valence electrons. The fraction of sp³-hybridized carbons (Fsp3) is 0.412. The van der Waals surface area contributed by atoms with Crippen molar-refractivity contribution in [2.24, 2.45) is 0 Å². The molecule has 7 nitrogen and oxygen atoms in total. The van der Waals surface area contributed by atoms with Crippen molar-refractivity contribution in [3.8, 4) is 6.07 Å². The van der Waals surface area contributed by atoms with Crippen LogP contribution in [0.1, 0.15) is 24.1 Å². The van der Waals surface area contributed by atoms with Gasteiger partial charge in [0, 0.05) is 11.9 Å². The zero-order chi connectivity index (χ0) is 16.7. The monoisotopic (exact) mass is 323 g/mol. The second-order valence-electron chi connectivity index (χ2n) is 6.44. The minimum absolute atomic E-state index is 0.257. The molecule has 2 heterocycles. The standard InChI is InChI=1S/C17H17N5O2/c1-12-8-21(20-19-12)9-15-10-22(16(23)24-15)14-4-2-13(3-5-14)17(11-18)6-7-17/h2-5,8,15H,6-7,9-10H2,1H3/t15-/m0/s1. The van der Waals surface area contributed by atoms with E-state index in [0.29, 0.717) is 13.1 Å². The van der Waals surface area contributed by atoms with Crippen LogP contribution in [0, 0.1) is 18.3 Å². The molecule has 1 atom stereocenters. The number of carbonyl (C=O) groups excluding carboxylic acids is 1. The first kappa shape index (κ1) is 14.7. The topological polar surface area (TPSA) is 84.0 Å². The third kappa shape index (κ3) is 2.50. The summed E-state index contributed by atoms with van der Waals surface area (Å²) in [6.07, 6.45) is 3.03. The Morgan fingerprint density at radius 3 is 2.71 bits per heavy atom. The average Bonchev–Trinajstić information content (AvgIpc) is 3.16. The minimum Gasteiger partial charge on any atom is -0.442 e. The van der Waals surface area contributed by atoms with E-state index in [2.05, 4.69) is 16.4 Å². The molecule has 1 aliphatic heterocycles. The predicted molar refractivity (Wildman–Crippen MR) is 85.3 cm³/mol. The van der Waals surface area contributed by atoms with Crippen LogP contribution in [0.3, 0.4) is 0 Å². The number of aromatic nitrogens is 3. The smallest absolute Gasteiger partial charge is 0.414 e. The molecular weight excluding hydrogens is 306 g/mol. The van der Waals surface area contributed by atoms with Gasteiger partial charge in [-0.15, -0.1) is 5.10 Å². The van der Waals surface area contributed by atoms with Gasteiger partial charge in [0.2, 0.25) is 0 Å². The zero-order valence-electron chi connectivity index (χ0n) is 13.3. The van der Waals surface area contributed by atoms with Crippen molar-refractivity contribution in [1.29, 1.82) is 5.26 Å². The molecule has 0 N–H and O–H groups in total. The summed E-state index contributed by atoms with van der Waals surface area (Å²) in [6, 6.07) is 10.0. The molecule has 24 heavy (non-hydrogen) atoms. The molecule has 1 aromatic heterocycles. The molecule has 2 aliphatic rings. The van der Waals surface area contributed by atoms with E-state index in [1.807, 2.05) is 37.4 Å². The quantitative estimate of drug-likeness (QED) is 0.861. The van der Waals surface area contributed by atoms with Crippen LogP contribution in [0.4, 0.5) is 10.5 Å². The molecule has 1 aromatic carbocycles. The Labute approximate surface area is 139 Å². The summed E-state index contributed by atoms with van der Waals surface area (Å²) in [6.45, 7) is 2.82. The van der Waals surface area contributed by atoms with Crippen molar-refractivity contribution in [2.75, 3.05) is 11.4 Å². The summed E-state index contributed by atoms with van der Waals surface area (Å²) in [7, 11) is 0. The lowest BCUT2D eigenvalue weighted by atomic mass is 9.97. The maximum atomic E-state index is 12.1. The molecule has 0 unspecified atom stereocenters. The summed E-state index contributed by atoms with van der Waals surface area (Å²) in [5.74, 6) is 0. The molecule has 1 amide bonds. The van der Waals surface area contributed by atoms with Crippen molar-refractivity contribution in [3.05, 3.63) is 41.7 Å². The van der Waals surface area contributed by atoms with Crippen LogP contribution in [-0.4, -0.2) is 33.7 Å². The number of ether oxygens (including phenoxy) is 1. The number of carbonyl (C=O) groups is 1. The fourth-order valence-electron chi connectivity index (χ4n) is 3.07. The van der Waals surface area contributed by atoms with Gasteiger partial charge in [-0.2, -0.15) is 5.26 Å². The summed E-state index contributed by atoms with van der Waals surface area (Å²) < 4.78 is 7.10. The summed E-state index contributed by atoms with van der Waals surface area (Å²) in [5, 5.41) is 17.2. The molecule has 2 fully saturated rings. The number of benzene rings is 1. The number of amides is 1. The normalized spacial score (nSPS) is 21.4. The molecule has 4 rings (SSSR count). The lowest BCUT2D eigenvalue weighted by Crippen LogP contribution is -2.26. The first-order valence-corrected chi connectivity index (χ1v) is 7.96. The molecular formula is C17H17N5O2. The van der Waals surface area contributed by atoms with Crippen molar-refractivity contribution in [3.63, 3.8) is 0 Å². The summed E-state index contributed by atoms with van der Waals surface area (Å²) >= 11 is 0. The minimum atomic E-state index is -0.356. The second-order valence-corrected chi connectivity index (χ2v) is 6.44.